The summed E-state index contributed by atoms with van der Waals surface area (Å²) in [6.07, 6.45) is 1.71. The molecule has 0 aliphatic rings. The average molecular weight is 402 g/mol. The molecule has 0 saturated heterocycles. The van der Waals surface area contributed by atoms with Gasteiger partial charge in [0, 0.05) is 27.8 Å². The second kappa shape index (κ2) is 7.24. The zero-order valence-corrected chi connectivity index (χ0v) is 15.7. The molecule has 0 atom stereocenters. The van der Waals surface area contributed by atoms with Crippen molar-refractivity contribution in [1.82, 2.24) is 25.3 Å². The maximum atomic E-state index is 13.2. The summed E-state index contributed by atoms with van der Waals surface area (Å²) in [5.74, 6) is 0.328. The molecule has 0 aliphatic carbocycles. The Hall–Kier alpha value is -4.34. The van der Waals surface area contributed by atoms with Crippen molar-refractivity contribution >= 4 is 45.7 Å². The van der Waals surface area contributed by atoms with E-state index >= 15 is 0 Å². The predicted molar refractivity (Wildman–Crippen MR) is 111 cm³/mol. The molecule has 30 heavy (non-hydrogen) atoms. The number of aromatic nitrogens is 5. The third-order valence-corrected chi connectivity index (χ3v) is 4.53. The summed E-state index contributed by atoms with van der Waals surface area (Å²) in [5.41, 5.74) is 6.98. The summed E-state index contributed by atoms with van der Waals surface area (Å²) in [5, 5.41) is 15.9. The molecule has 5 aromatic rings. The predicted octanol–water partition coefficient (Wildman–Crippen LogP) is 4.13. The zero-order chi connectivity index (χ0) is 20.5. The lowest BCUT2D eigenvalue weighted by atomic mass is 10.1. The summed E-state index contributed by atoms with van der Waals surface area (Å²) in [4.78, 5) is 12.0. The first-order valence-corrected chi connectivity index (χ1v) is 9.06. The van der Waals surface area contributed by atoms with E-state index < -0.39 is 0 Å². The monoisotopic (exact) mass is 402 g/mol. The highest BCUT2D eigenvalue weighted by Gasteiger charge is 2.13. The Labute approximate surface area is 169 Å². The highest BCUT2D eigenvalue weighted by Crippen LogP contribution is 2.24. The maximum absolute atomic E-state index is 13.2. The lowest BCUT2D eigenvalue weighted by molar-refractivity contribution is 0.314. The molecule has 0 bridgehead atoms. The first kappa shape index (κ1) is 17.7. The first-order chi connectivity index (χ1) is 14.7. The lowest BCUT2D eigenvalue weighted by Crippen LogP contribution is -2.03. The lowest BCUT2D eigenvalue weighted by Gasteiger charge is -2.09. The molecule has 148 valence electrons. The van der Waals surface area contributed by atoms with Crippen LogP contribution in [-0.2, 0) is 0 Å². The molecular weight excluding hydrogens is 387 g/mol. The van der Waals surface area contributed by atoms with Crippen LogP contribution in [0.15, 0.2) is 58.3 Å². The van der Waals surface area contributed by atoms with Crippen molar-refractivity contribution in [3.05, 3.63) is 65.6 Å². The van der Waals surface area contributed by atoms with E-state index in [1.54, 1.807) is 18.3 Å². The summed E-state index contributed by atoms with van der Waals surface area (Å²) >= 11 is 0. The second-order valence-electron chi connectivity index (χ2n) is 6.54. The van der Waals surface area contributed by atoms with Gasteiger partial charge in [-0.3, -0.25) is 5.43 Å². The number of aromatic amines is 1. The molecule has 9 nitrogen and oxygen atoms in total. The van der Waals surface area contributed by atoms with Crippen molar-refractivity contribution in [2.24, 2.45) is 5.10 Å². The molecule has 3 aromatic heterocycles. The fourth-order valence-corrected chi connectivity index (χ4v) is 3.10. The molecule has 5 rings (SSSR count). The number of hydrogen-bond acceptors (Lipinski definition) is 8. The van der Waals surface area contributed by atoms with Crippen LogP contribution in [-0.4, -0.2) is 31.5 Å². The number of hydrazone groups is 1. The van der Waals surface area contributed by atoms with Gasteiger partial charge in [0.2, 0.25) is 11.3 Å². The number of hydrogen-bond donors (Lipinski definition) is 3. The number of nitrogens with one attached hydrogen (secondary N) is 3. The minimum atomic E-state index is -0.333. The van der Waals surface area contributed by atoms with Crippen LogP contribution in [0, 0.1) is 12.7 Å². The first-order valence-electron chi connectivity index (χ1n) is 9.06. The van der Waals surface area contributed by atoms with E-state index in [0.717, 1.165) is 22.2 Å². The van der Waals surface area contributed by atoms with Crippen LogP contribution in [0.25, 0.3) is 22.2 Å². The molecule has 0 fully saturated rings. The highest BCUT2D eigenvalue weighted by molar-refractivity contribution is 6.00. The van der Waals surface area contributed by atoms with E-state index in [1.165, 1.54) is 12.1 Å². The van der Waals surface area contributed by atoms with Crippen LogP contribution in [0.2, 0.25) is 0 Å². The van der Waals surface area contributed by atoms with Gasteiger partial charge in [0.15, 0.2) is 11.6 Å². The number of para-hydroxylation sites is 1. The Balaban J connectivity index is 1.47. The number of anilines is 3. The van der Waals surface area contributed by atoms with Gasteiger partial charge in [-0.1, -0.05) is 18.2 Å². The number of fused-ring (bicyclic) bond motifs is 2. The van der Waals surface area contributed by atoms with Gasteiger partial charge in [-0.05, 0) is 47.6 Å². The third-order valence-electron chi connectivity index (χ3n) is 4.53. The second-order valence-corrected chi connectivity index (χ2v) is 6.54. The summed E-state index contributed by atoms with van der Waals surface area (Å²) < 4.78 is 17.9. The zero-order valence-electron chi connectivity index (χ0n) is 15.7. The van der Waals surface area contributed by atoms with E-state index in [0.29, 0.717) is 17.3 Å². The van der Waals surface area contributed by atoms with E-state index in [4.69, 9.17) is 4.63 Å². The van der Waals surface area contributed by atoms with Crippen LogP contribution in [0.3, 0.4) is 0 Å². The number of benzene rings is 2. The van der Waals surface area contributed by atoms with Crippen molar-refractivity contribution in [2.75, 3.05) is 10.7 Å². The van der Waals surface area contributed by atoms with Crippen molar-refractivity contribution in [3.8, 4) is 0 Å². The van der Waals surface area contributed by atoms with Crippen molar-refractivity contribution in [3.63, 3.8) is 0 Å². The smallest absolute Gasteiger partial charge is 0.245 e. The van der Waals surface area contributed by atoms with Crippen molar-refractivity contribution < 1.29 is 9.02 Å². The Kier molecular flexibility index (Phi) is 4.28. The number of H-pyrrole nitrogens is 1. The molecule has 0 amide bonds. The van der Waals surface area contributed by atoms with Crippen LogP contribution in [0.4, 0.5) is 21.7 Å². The Morgan fingerprint density at radius 1 is 1.00 bits per heavy atom. The van der Waals surface area contributed by atoms with E-state index in [9.17, 15) is 4.39 Å². The van der Waals surface area contributed by atoms with Gasteiger partial charge in [0.25, 0.3) is 0 Å². The number of aryl methyl sites for hydroxylation is 1. The Morgan fingerprint density at radius 2 is 1.73 bits per heavy atom. The molecule has 0 radical (unpaired) electrons. The van der Waals surface area contributed by atoms with Gasteiger partial charge in [0.1, 0.15) is 5.82 Å². The molecule has 2 aromatic carbocycles. The molecule has 3 N–H and O–H groups in total. The molecule has 0 unspecified atom stereocenters. The van der Waals surface area contributed by atoms with Gasteiger partial charge in [0.05, 0.1) is 6.21 Å². The standard InChI is InChI=1S/C20H15FN8O/c1-11-15(14-4-2-3-5-16(14)23-11)10-22-27-18-17(24-13-8-6-12(21)7-9-13)25-19-20(26-18)29-30-28-19/h2-10,23H,1H3,(H,24,25,28)(H,26,27,29)/b22-10+. The van der Waals surface area contributed by atoms with Gasteiger partial charge >= 0.3 is 0 Å². The van der Waals surface area contributed by atoms with Crippen molar-refractivity contribution in [2.45, 2.75) is 6.92 Å². The number of rotatable bonds is 5. The maximum Gasteiger partial charge on any atom is 0.245 e. The number of halogens is 1. The fraction of sp³-hybridized carbons (Fsp3) is 0.0500. The van der Waals surface area contributed by atoms with Crippen molar-refractivity contribution in [1.29, 1.82) is 0 Å². The minimum Gasteiger partial charge on any atom is -0.358 e. The molecule has 0 aliphatic heterocycles. The summed E-state index contributed by atoms with van der Waals surface area (Å²) in [6, 6.07) is 13.8. The van der Waals surface area contributed by atoms with E-state index in [-0.39, 0.29) is 17.1 Å². The molecule has 0 saturated carbocycles. The van der Waals surface area contributed by atoms with Crippen LogP contribution in [0.1, 0.15) is 11.3 Å². The molecule has 3 heterocycles. The van der Waals surface area contributed by atoms with Gasteiger partial charge in [-0.15, -0.1) is 0 Å². The van der Waals surface area contributed by atoms with Gasteiger partial charge in [-0.2, -0.15) is 10.1 Å². The fourth-order valence-electron chi connectivity index (χ4n) is 3.10. The summed E-state index contributed by atoms with van der Waals surface area (Å²) in [7, 11) is 0. The molecule has 0 spiro atoms. The van der Waals surface area contributed by atoms with Gasteiger partial charge < -0.3 is 10.3 Å². The minimum absolute atomic E-state index is 0.237. The Bertz CT molecular complexity index is 1370. The summed E-state index contributed by atoms with van der Waals surface area (Å²) in [6.45, 7) is 1.98. The third kappa shape index (κ3) is 3.30. The SMILES string of the molecule is Cc1[nH]c2ccccc2c1/C=N/Nc1nc2nonc2nc1Nc1ccc(F)cc1. The van der Waals surface area contributed by atoms with Gasteiger partial charge in [-0.25, -0.2) is 14.0 Å². The van der Waals surface area contributed by atoms with Crippen LogP contribution < -0.4 is 10.7 Å². The quantitative estimate of drug-likeness (QED) is 0.299. The van der Waals surface area contributed by atoms with E-state index in [2.05, 4.69) is 41.1 Å². The largest absolute Gasteiger partial charge is 0.358 e. The van der Waals surface area contributed by atoms with Crippen LogP contribution >= 0.6 is 0 Å². The Morgan fingerprint density at radius 3 is 2.53 bits per heavy atom. The highest BCUT2D eigenvalue weighted by atomic mass is 19.1. The molecule has 10 heteroatoms. The normalized spacial score (nSPS) is 11.5. The topological polar surface area (TPSA) is 117 Å². The van der Waals surface area contributed by atoms with E-state index in [1.807, 2.05) is 31.2 Å². The average Bonchev–Trinajstić information content (AvgIpc) is 3.33. The molecular formula is C20H15FN8O. The number of nitrogens with zero attached hydrogens (tertiary/aromatic N) is 5. The van der Waals surface area contributed by atoms with Crippen LogP contribution in [0.5, 0.6) is 0 Å².